The van der Waals surface area contributed by atoms with Gasteiger partial charge in [-0.1, -0.05) is 13.8 Å². The summed E-state index contributed by atoms with van der Waals surface area (Å²) in [6.07, 6.45) is 6.05. The van der Waals surface area contributed by atoms with Crippen LogP contribution in [0.3, 0.4) is 0 Å². The highest BCUT2D eigenvalue weighted by Gasteiger charge is 2.35. The fraction of sp³-hybridized carbons (Fsp3) is 0.667. The number of hydrogen-bond donors (Lipinski definition) is 0. The number of ketones is 1. The molecule has 1 fully saturated rings. The van der Waals surface area contributed by atoms with Crippen LogP contribution >= 0.6 is 0 Å². The minimum atomic E-state index is 0.0928. The molecule has 0 atom stereocenters. The Balaban J connectivity index is 1.92. The summed E-state index contributed by atoms with van der Waals surface area (Å²) < 4.78 is 1.90. The largest absolute Gasteiger partial charge is 0.294 e. The van der Waals surface area contributed by atoms with Gasteiger partial charge in [0.15, 0.2) is 5.78 Å². The van der Waals surface area contributed by atoms with Crippen molar-refractivity contribution in [3.05, 3.63) is 18.0 Å². The minimum absolute atomic E-state index is 0.0928. The van der Waals surface area contributed by atoms with E-state index in [9.17, 15) is 4.79 Å². The monoisotopic (exact) mass is 206 g/mol. The first-order valence-corrected chi connectivity index (χ1v) is 5.50. The Labute approximate surface area is 90.5 Å². The fourth-order valence-electron chi connectivity index (χ4n) is 2.54. The molecule has 0 saturated heterocycles. The number of hydrogen-bond acceptors (Lipinski definition) is 2. The zero-order valence-corrected chi connectivity index (χ0v) is 9.66. The van der Waals surface area contributed by atoms with Gasteiger partial charge < -0.3 is 0 Å². The van der Waals surface area contributed by atoms with Crippen molar-refractivity contribution in [3.63, 3.8) is 0 Å². The molecule has 1 heterocycles. The molecular weight excluding hydrogens is 188 g/mol. The molecule has 3 nitrogen and oxygen atoms in total. The van der Waals surface area contributed by atoms with Gasteiger partial charge in [0.05, 0.1) is 11.8 Å². The number of carbonyl (C=O) groups is 1. The summed E-state index contributed by atoms with van der Waals surface area (Å²) in [5, 5.41) is 4.20. The third-order valence-corrected chi connectivity index (χ3v) is 3.17. The van der Waals surface area contributed by atoms with Gasteiger partial charge in [-0.2, -0.15) is 5.10 Å². The fourth-order valence-corrected chi connectivity index (χ4v) is 2.54. The van der Waals surface area contributed by atoms with E-state index in [1.807, 2.05) is 10.9 Å². The van der Waals surface area contributed by atoms with Crippen molar-refractivity contribution < 1.29 is 4.79 Å². The molecule has 0 spiro atoms. The van der Waals surface area contributed by atoms with Gasteiger partial charge in [0.25, 0.3) is 0 Å². The van der Waals surface area contributed by atoms with Crippen LogP contribution in [0.25, 0.3) is 0 Å². The van der Waals surface area contributed by atoms with Crippen LogP contribution in [0, 0.1) is 11.3 Å². The molecule has 1 aromatic heterocycles. The van der Waals surface area contributed by atoms with Gasteiger partial charge in [-0.25, -0.2) is 0 Å². The van der Waals surface area contributed by atoms with Crippen LogP contribution in [0.1, 0.15) is 44.0 Å². The normalized spacial score (nSPS) is 19.9. The summed E-state index contributed by atoms with van der Waals surface area (Å²) in [5.74, 6) is 0.829. The smallest absolute Gasteiger partial charge is 0.162 e. The van der Waals surface area contributed by atoms with Gasteiger partial charge >= 0.3 is 0 Å². The Morgan fingerprint density at radius 1 is 1.60 bits per heavy atom. The van der Waals surface area contributed by atoms with E-state index in [0.717, 1.165) is 12.5 Å². The van der Waals surface area contributed by atoms with E-state index in [0.29, 0.717) is 11.0 Å². The summed E-state index contributed by atoms with van der Waals surface area (Å²) in [6.45, 7) is 7.13. The Morgan fingerprint density at radius 2 is 2.27 bits per heavy atom. The molecule has 0 N–H and O–H groups in total. The highest BCUT2D eigenvalue weighted by molar-refractivity contribution is 5.93. The maximum absolute atomic E-state index is 11.1. The molecule has 0 radical (unpaired) electrons. The lowest BCUT2D eigenvalue weighted by Crippen LogP contribution is -2.34. The molecule has 15 heavy (non-hydrogen) atoms. The van der Waals surface area contributed by atoms with Gasteiger partial charge in [0.1, 0.15) is 0 Å². The first-order valence-electron chi connectivity index (χ1n) is 5.50. The van der Waals surface area contributed by atoms with E-state index in [2.05, 4.69) is 18.9 Å². The van der Waals surface area contributed by atoms with Gasteiger partial charge in [0.2, 0.25) is 0 Å². The second-order valence-electron chi connectivity index (χ2n) is 5.45. The zero-order valence-electron chi connectivity index (χ0n) is 9.66. The lowest BCUT2D eigenvalue weighted by molar-refractivity contribution is 0.0799. The number of rotatable bonds is 3. The second-order valence-corrected chi connectivity index (χ2v) is 5.45. The van der Waals surface area contributed by atoms with Crippen LogP contribution in [-0.4, -0.2) is 15.6 Å². The molecular formula is C12H18N2O. The van der Waals surface area contributed by atoms with Crippen LogP contribution in [0.2, 0.25) is 0 Å². The molecule has 0 aromatic carbocycles. The van der Waals surface area contributed by atoms with Crippen LogP contribution in [0.5, 0.6) is 0 Å². The van der Waals surface area contributed by atoms with E-state index >= 15 is 0 Å². The molecule has 82 valence electrons. The standard InChI is InChI=1S/C12H18N2O/c1-9(15)11-6-13-14(8-11)7-10-4-12(2,3)5-10/h6,8,10H,4-5,7H2,1-3H3. The molecule has 1 aliphatic carbocycles. The number of aromatic nitrogens is 2. The zero-order chi connectivity index (χ0) is 11.1. The summed E-state index contributed by atoms with van der Waals surface area (Å²) in [7, 11) is 0. The van der Waals surface area contributed by atoms with Crippen molar-refractivity contribution in [2.24, 2.45) is 11.3 Å². The summed E-state index contributed by atoms with van der Waals surface area (Å²) in [4.78, 5) is 11.1. The Bertz CT molecular complexity index is 371. The van der Waals surface area contributed by atoms with E-state index in [-0.39, 0.29) is 5.78 Å². The predicted molar refractivity (Wildman–Crippen MR) is 58.7 cm³/mol. The Morgan fingerprint density at radius 3 is 2.73 bits per heavy atom. The Kier molecular flexibility index (Phi) is 2.41. The van der Waals surface area contributed by atoms with Crippen molar-refractivity contribution in [1.29, 1.82) is 0 Å². The highest BCUT2D eigenvalue weighted by Crippen LogP contribution is 2.45. The molecule has 3 heteroatoms. The summed E-state index contributed by atoms with van der Waals surface area (Å²) in [6, 6.07) is 0. The molecule has 0 aliphatic heterocycles. The summed E-state index contributed by atoms with van der Waals surface area (Å²) >= 11 is 0. The second kappa shape index (κ2) is 3.47. The van der Waals surface area contributed by atoms with Crippen molar-refractivity contribution in [2.75, 3.05) is 0 Å². The quantitative estimate of drug-likeness (QED) is 0.712. The number of Topliss-reactive ketones (excluding diaryl/α,β-unsaturated/α-hetero) is 1. The topological polar surface area (TPSA) is 34.9 Å². The number of carbonyl (C=O) groups excluding carboxylic acids is 1. The van der Waals surface area contributed by atoms with Crippen molar-refractivity contribution in [1.82, 2.24) is 9.78 Å². The van der Waals surface area contributed by atoms with E-state index in [1.165, 1.54) is 12.8 Å². The van der Waals surface area contributed by atoms with E-state index in [1.54, 1.807) is 13.1 Å². The van der Waals surface area contributed by atoms with Crippen LogP contribution in [0.15, 0.2) is 12.4 Å². The molecule has 0 amide bonds. The third-order valence-electron chi connectivity index (χ3n) is 3.17. The van der Waals surface area contributed by atoms with Gasteiger partial charge in [0, 0.05) is 12.7 Å². The van der Waals surface area contributed by atoms with Crippen LogP contribution < -0.4 is 0 Å². The molecule has 0 unspecified atom stereocenters. The van der Waals surface area contributed by atoms with Crippen molar-refractivity contribution in [3.8, 4) is 0 Å². The minimum Gasteiger partial charge on any atom is -0.294 e. The van der Waals surface area contributed by atoms with Gasteiger partial charge in [-0.15, -0.1) is 0 Å². The first-order chi connectivity index (χ1) is 6.96. The summed E-state index contributed by atoms with van der Waals surface area (Å²) in [5.41, 5.74) is 1.23. The first kappa shape index (κ1) is 10.4. The maximum atomic E-state index is 11.1. The molecule has 0 bridgehead atoms. The number of nitrogens with zero attached hydrogens (tertiary/aromatic N) is 2. The Hall–Kier alpha value is -1.12. The SMILES string of the molecule is CC(=O)c1cnn(CC2CC(C)(C)C2)c1. The molecule has 2 rings (SSSR count). The van der Waals surface area contributed by atoms with Gasteiger partial charge in [-0.3, -0.25) is 9.48 Å². The van der Waals surface area contributed by atoms with Crippen LogP contribution in [-0.2, 0) is 6.54 Å². The maximum Gasteiger partial charge on any atom is 0.162 e. The molecule has 1 aliphatic rings. The third kappa shape index (κ3) is 2.28. The van der Waals surface area contributed by atoms with E-state index < -0.39 is 0 Å². The lowest BCUT2D eigenvalue weighted by atomic mass is 9.64. The van der Waals surface area contributed by atoms with E-state index in [4.69, 9.17) is 0 Å². The van der Waals surface area contributed by atoms with Gasteiger partial charge in [-0.05, 0) is 31.1 Å². The average Bonchev–Trinajstić information content (AvgIpc) is 2.49. The van der Waals surface area contributed by atoms with Crippen LogP contribution in [0.4, 0.5) is 0 Å². The molecule has 1 saturated carbocycles. The molecule has 1 aromatic rings. The lowest BCUT2D eigenvalue weighted by Gasteiger charge is -2.42. The van der Waals surface area contributed by atoms with Crippen molar-refractivity contribution >= 4 is 5.78 Å². The average molecular weight is 206 g/mol. The van der Waals surface area contributed by atoms with Crippen molar-refractivity contribution in [2.45, 2.75) is 40.2 Å². The highest BCUT2D eigenvalue weighted by atomic mass is 16.1. The predicted octanol–water partition coefficient (Wildman–Crippen LogP) is 2.52.